The lowest BCUT2D eigenvalue weighted by Gasteiger charge is -2.12. The van der Waals surface area contributed by atoms with Gasteiger partial charge in [-0.1, -0.05) is 17.6 Å². The Labute approximate surface area is 172 Å². The van der Waals surface area contributed by atoms with E-state index in [-0.39, 0.29) is 5.56 Å². The third-order valence-electron chi connectivity index (χ3n) is 4.92. The summed E-state index contributed by atoms with van der Waals surface area (Å²) < 4.78 is 6.79. The van der Waals surface area contributed by atoms with E-state index in [4.69, 9.17) is 4.74 Å². The van der Waals surface area contributed by atoms with Crippen LogP contribution >= 0.6 is 0 Å². The van der Waals surface area contributed by atoms with Crippen LogP contribution in [0.4, 0.5) is 11.6 Å². The fourth-order valence-electron chi connectivity index (χ4n) is 3.46. The summed E-state index contributed by atoms with van der Waals surface area (Å²) in [5.74, 6) is 1.14. The van der Waals surface area contributed by atoms with Crippen LogP contribution in [-0.4, -0.2) is 39.7 Å². The molecule has 0 saturated carbocycles. The predicted octanol–water partition coefficient (Wildman–Crippen LogP) is 1.67. The number of nitrogens with one attached hydrogen (secondary N) is 2. The van der Waals surface area contributed by atoms with Gasteiger partial charge in [-0.3, -0.25) is 14.5 Å². The fraction of sp³-hybridized carbons (Fsp3) is 0.0476. The Hall–Kier alpha value is -4.14. The van der Waals surface area contributed by atoms with Gasteiger partial charge in [-0.05, 0) is 36.4 Å². The maximum atomic E-state index is 13.3. The summed E-state index contributed by atoms with van der Waals surface area (Å²) in [6.45, 7) is 0. The van der Waals surface area contributed by atoms with Gasteiger partial charge in [-0.25, -0.2) is 4.98 Å². The molecule has 9 heteroatoms. The molecule has 5 rings (SSSR count). The summed E-state index contributed by atoms with van der Waals surface area (Å²) in [5.41, 5.74) is 3.44. The minimum atomic E-state index is -0.189. The first kappa shape index (κ1) is 17.9. The summed E-state index contributed by atoms with van der Waals surface area (Å²) >= 11 is 0. The molecule has 0 aliphatic heterocycles. The predicted molar refractivity (Wildman–Crippen MR) is 119 cm³/mol. The van der Waals surface area contributed by atoms with E-state index in [0.717, 1.165) is 22.6 Å². The molecule has 3 aromatic heterocycles. The molecule has 8 nitrogen and oxygen atoms in total. The highest BCUT2D eigenvalue weighted by molar-refractivity contribution is 6.32. The van der Waals surface area contributed by atoms with Gasteiger partial charge in [0.25, 0.3) is 5.56 Å². The third-order valence-corrected chi connectivity index (χ3v) is 4.92. The van der Waals surface area contributed by atoms with Gasteiger partial charge < -0.3 is 10.1 Å². The molecule has 0 amide bonds. The van der Waals surface area contributed by atoms with Crippen molar-refractivity contribution in [3.8, 4) is 11.4 Å². The average Bonchev–Trinajstić information content (AvgIpc) is 3.25. The summed E-state index contributed by atoms with van der Waals surface area (Å²) in [7, 11) is 3.61. The van der Waals surface area contributed by atoms with Crippen LogP contribution in [0.5, 0.6) is 5.75 Å². The highest BCUT2D eigenvalue weighted by Crippen LogP contribution is 2.24. The van der Waals surface area contributed by atoms with E-state index in [1.165, 1.54) is 0 Å². The Kier molecular flexibility index (Phi) is 4.20. The molecule has 3 heterocycles. The zero-order valence-electron chi connectivity index (χ0n) is 16.4. The van der Waals surface area contributed by atoms with Crippen LogP contribution in [0.15, 0.2) is 65.7 Å². The van der Waals surface area contributed by atoms with Gasteiger partial charge in [-0.15, -0.1) is 0 Å². The lowest BCUT2D eigenvalue weighted by atomic mass is 9.96. The molecule has 0 aliphatic carbocycles. The Morgan fingerprint density at radius 2 is 1.97 bits per heavy atom. The number of aromatic amines is 1. The molecule has 2 N–H and O–H groups in total. The standard InChI is InChI=1S/C21H17BN6O2/c1-30-15-7-5-13(6-8-15)25-21-23-10-16-18-17(11-24-27-18)20(29)28(19(16)26-21)14-4-2-3-12(22)9-14/h2-11H,22H2,1H3,(H,24,27)(H,23,25,26). The summed E-state index contributed by atoms with van der Waals surface area (Å²) in [5, 5.41) is 11.4. The Morgan fingerprint density at radius 1 is 1.13 bits per heavy atom. The molecule has 0 atom stereocenters. The highest BCUT2D eigenvalue weighted by Gasteiger charge is 2.16. The number of aromatic nitrogens is 5. The molecule has 0 unspecified atom stereocenters. The zero-order chi connectivity index (χ0) is 20.7. The SMILES string of the molecule is Bc1cccc(-n2c(=O)c3c[nH]nc3c3cnc(Nc4ccc(OC)cc4)nc32)c1. The van der Waals surface area contributed by atoms with Crippen molar-refractivity contribution in [1.82, 2.24) is 24.7 Å². The number of benzene rings is 2. The molecule has 5 aromatic rings. The van der Waals surface area contributed by atoms with Gasteiger partial charge >= 0.3 is 0 Å². The van der Waals surface area contributed by atoms with Crippen LogP contribution in [0.1, 0.15) is 0 Å². The number of ether oxygens (including phenoxy) is 1. The molecular formula is C21H17BN6O2. The Morgan fingerprint density at radius 3 is 2.73 bits per heavy atom. The summed E-state index contributed by atoms with van der Waals surface area (Å²) in [6.07, 6.45) is 3.29. The van der Waals surface area contributed by atoms with Crippen molar-refractivity contribution in [2.45, 2.75) is 0 Å². The van der Waals surface area contributed by atoms with Gasteiger partial charge in [0.15, 0.2) is 5.65 Å². The van der Waals surface area contributed by atoms with Crippen molar-refractivity contribution in [3.05, 3.63) is 71.3 Å². The zero-order valence-corrected chi connectivity index (χ0v) is 16.4. The first-order valence-corrected chi connectivity index (χ1v) is 9.37. The largest absolute Gasteiger partial charge is 0.497 e. The van der Waals surface area contributed by atoms with Crippen LogP contribution in [0.25, 0.3) is 27.6 Å². The minimum absolute atomic E-state index is 0.189. The average molecular weight is 396 g/mol. The van der Waals surface area contributed by atoms with Crippen molar-refractivity contribution < 1.29 is 4.74 Å². The second-order valence-corrected chi connectivity index (χ2v) is 6.91. The van der Waals surface area contributed by atoms with Gasteiger partial charge in [0.2, 0.25) is 5.95 Å². The maximum absolute atomic E-state index is 13.3. The van der Waals surface area contributed by atoms with Gasteiger partial charge in [0, 0.05) is 18.1 Å². The topological polar surface area (TPSA) is 97.7 Å². The van der Waals surface area contributed by atoms with Gasteiger partial charge in [-0.2, -0.15) is 10.1 Å². The van der Waals surface area contributed by atoms with Crippen LogP contribution in [-0.2, 0) is 0 Å². The Balaban J connectivity index is 1.72. The molecule has 0 fully saturated rings. The number of rotatable bonds is 4. The second kappa shape index (κ2) is 7.04. The van der Waals surface area contributed by atoms with Crippen molar-refractivity contribution in [2.24, 2.45) is 0 Å². The molecule has 0 bridgehead atoms. The number of nitrogens with zero attached hydrogens (tertiary/aromatic N) is 4. The second-order valence-electron chi connectivity index (χ2n) is 6.91. The van der Waals surface area contributed by atoms with Crippen LogP contribution < -0.4 is 21.1 Å². The number of pyridine rings is 1. The molecule has 0 saturated heterocycles. The molecule has 0 spiro atoms. The number of fused-ring (bicyclic) bond motifs is 3. The van der Waals surface area contributed by atoms with Crippen molar-refractivity contribution in [2.75, 3.05) is 12.4 Å². The molecule has 30 heavy (non-hydrogen) atoms. The number of methoxy groups -OCH3 is 1. The van der Waals surface area contributed by atoms with Crippen LogP contribution in [0.3, 0.4) is 0 Å². The quantitative estimate of drug-likeness (QED) is 0.449. The smallest absolute Gasteiger partial charge is 0.267 e. The van der Waals surface area contributed by atoms with Crippen LogP contribution in [0.2, 0.25) is 0 Å². The van der Waals surface area contributed by atoms with E-state index in [1.807, 2.05) is 56.4 Å². The minimum Gasteiger partial charge on any atom is -0.497 e. The monoisotopic (exact) mass is 396 g/mol. The number of H-pyrrole nitrogens is 1. The number of anilines is 2. The molecule has 2 aromatic carbocycles. The lowest BCUT2D eigenvalue weighted by molar-refractivity contribution is 0.415. The molecule has 0 aliphatic rings. The Bertz CT molecular complexity index is 1440. The van der Waals surface area contributed by atoms with E-state index in [2.05, 4.69) is 25.5 Å². The summed E-state index contributed by atoms with van der Waals surface area (Å²) in [4.78, 5) is 22.4. The summed E-state index contributed by atoms with van der Waals surface area (Å²) in [6, 6.07) is 15.2. The van der Waals surface area contributed by atoms with Crippen molar-refractivity contribution in [1.29, 1.82) is 0 Å². The number of hydrogen-bond acceptors (Lipinski definition) is 6. The first-order valence-electron chi connectivity index (χ1n) is 9.37. The van der Waals surface area contributed by atoms with E-state index in [9.17, 15) is 4.79 Å². The van der Waals surface area contributed by atoms with Crippen LogP contribution in [0, 0.1) is 0 Å². The molecule has 0 radical (unpaired) electrons. The van der Waals surface area contributed by atoms with E-state index < -0.39 is 0 Å². The third kappa shape index (κ3) is 2.97. The van der Waals surface area contributed by atoms with Gasteiger partial charge in [0.05, 0.1) is 23.6 Å². The number of hydrogen-bond donors (Lipinski definition) is 2. The van der Waals surface area contributed by atoms with Gasteiger partial charge in [0.1, 0.15) is 19.1 Å². The lowest BCUT2D eigenvalue weighted by Crippen LogP contribution is -2.21. The fourth-order valence-corrected chi connectivity index (χ4v) is 3.46. The highest BCUT2D eigenvalue weighted by atomic mass is 16.5. The first-order chi connectivity index (χ1) is 14.6. The molecular weight excluding hydrogens is 379 g/mol. The van der Waals surface area contributed by atoms with Crippen molar-refractivity contribution in [3.63, 3.8) is 0 Å². The normalized spacial score (nSPS) is 11.1. The van der Waals surface area contributed by atoms with Crippen molar-refractivity contribution >= 4 is 46.9 Å². The van der Waals surface area contributed by atoms with E-state index in [0.29, 0.717) is 27.9 Å². The van der Waals surface area contributed by atoms with E-state index >= 15 is 0 Å². The maximum Gasteiger partial charge on any atom is 0.267 e. The molecule has 146 valence electrons. The van der Waals surface area contributed by atoms with E-state index in [1.54, 1.807) is 24.1 Å².